The highest BCUT2D eigenvalue weighted by atomic mass is 32.2. The molecule has 1 aromatic rings. The second-order valence-corrected chi connectivity index (χ2v) is 6.37. The van der Waals surface area contributed by atoms with E-state index in [2.05, 4.69) is 10.8 Å². The van der Waals surface area contributed by atoms with Gasteiger partial charge in [-0.2, -0.15) is 18.2 Å². The van der Waals surface area contributed by atoms with Crippen molar-refractivity contribution in [2.45, 2.75) is 25.2 Å². The van der Waals surface area contributed by atoms with Crippen molar-refractivity contribution in [1.29, 1.82) is 0 Å². The van der Waals surface area contributed by atoms with E-state index in [9.17, 15) is 13.2 Å². The summed E-state index contributed by atoms with van der Waals surface area (Å²) < 4.78 is 28.5. The molecule has 19 heavy (non-hydrogen) atoms. The number of hydroxylamine groups is 1. The lowest BCUT2D eigenvalue weighted by molar-refractivity contribution is -0.115. The number of hydrogen-bond acceptors (Lipinski definition) is 5. The third-order valence-corrected chi connectivity index (χ3v) is 3.82. The lowest BCUT2D eigenvalue weighted by Crippen LogP contribution is -2.24. The van der Waals surface area contributed by atoms with Crippen LogP contribution in [-0.4, -0.2) is 20.9 Å². The Morgan fingerprint density at radius 2 is 2.16 bits per heavy atom. The third-order valence-electron chi connectivity index (χ3n) is 2.65. The third kappa shape index (κ3) is 3.31. The fraction of sp³-hybridized carbons (Fsp3) is 0.417. The van der Waals surface area contributed by atoms with E-state index in [0.717, 1.165) is 0 Å². The topological polar surface area (TPSA) is 84.5 Å². The van der Waals surface area contributed by atoms with E-state index < -0.39 is 10.1 Å². The molecule has 0 unspecified atom stereocenters. The highest BCUT2D eigenvalue weighted by molar-refractivity contribution is 7.86. The molecule has 104 valence electrons. The van der Waals surface area contributed by atoms with E-state index in [1.54, 1.807) is 6.07 Å². The van der Waals surface area contributed by atoms with Crippen LogP contribution < -0.4 is 10.8 Å². The number of anilines is 1. The number of amides is 1. The number of carbonyl (C=O) groups is 1. The van der Waals surface area contributed by atoms with Gasteiger partial charge in [0.1, 0.15) is 0 Å². The molecule has 0 radical (unpaired) electrons. The van der Waals surface area contributed by atoms with Crippen LogP contribution in [0, 0.1) is 5.92 Å². The molecule has 0 bridgehead atoms. The predicted octanol–water partition coefficient (Wildman–Crippen LogP) is 1.05. The Hall–Kier alpha value is -1.44. The average molecular weight is 284 g/mol. The van der Waals surface area contributed by atoms with Gasteiger partial charge < -0.3 is 5.32 Å². The fourth-order valence-electron chi connectivity index (χ4n) is 1.69. The van der Waals surface area contributed by atoms with Crippen LogP contribution in [0.4, 0.5) is 5.69 Å². The maximum Gasteiger partial charge on any atom is 0.312 e. The lowest BCUT2D eigenvalue weighted by atomic mass is 10.2. The molecule has 0 aliphatic carbocycles. The first-order valence-corrected chi connectivity index (χ1v) is 7.38. The van der Waals surface area contributed by atoms with E-state index in [1.165, 1.54) is 12.1 Å². The second kappa shape index (κ2) is 5.28. The zero-order valence-electron chi connectivity index (χ0n) is 10.8. The van der Waals surface area contributed by atoms with Gasteiger partial charge in [-0.25, -0.2) is 0 Å². The van der Waals surface area contributed by atoms with E-state index in [-0.39, 0.29) is 23.1 Å². The Morgan fingerprint density at radius 3 is 2.84 bits per heavy atom. The molecule has 2 rings (SSSR count). The molecule has 6 nitrogen and oxygen atoms in total. The molecule has 7 heteroatoms. The fourth-order valence-corrected chi connectivity index (χ4v) is 2.53. The van der Waals surface area contributed by atoms with Gasteiger partial charge in [-0.05, 0) is 29.7 Å². The van der Waals surface area contributed by atoms with E-state index in [4.69, 9.17) is 4.28 Å². The van der Waals surface area contributed by atoms with Crippen LogP contribution in [0.1, 0.15) is 19.4 Å². The van der Waals surface area contributed by atoms with Crippen LogP contribution in [0.15, 0.2) is 23.1 Å². The molecule has 1 aromatic carbocycles. The molecular formula is C12H16N2O4S. The minimum Gasteiger partial charge on any atom is -0.326 e. The van der Waals surface area contributed by atoms with Crippen molar-refractivity contribution in [2.75, 3.05) is 11.9 Å². The maximum absolute atomic E-state index is 11.9. The minimum atomic E-state index is -3.85. The first-order valence-electron chi connectivity index (χ1n) is 5.97. The van der Waals surface area contributed by atoms with Gasteiger partial charge in [0.15, 0.2) is 0 Å². The Labute approximate surface area is 112 Å². The van der Waals surface area contributed by atoms with Gasteiger partial charge in [0, 0.05) is 12.2 Å². The minimum absolute atomic E-state index is 0.0407. The molecule has 0 saturated heterocycles. The van der Waals surface area contributed by atoms with Gasteiger partial charge in [-0.1, -0.05) is 13.8 Å². The summed E-state index contributed by atoms with van der Waals surface area (Å²) in [7, 11) is -3.85. The maximum atomic E-state index is 11.9. The number of benzene rings is 1. The van der Waals surface area contributed by atoms with Crippen LogP contribution in [0.5, 0.6) is 0 Å². The summed E-state index contributed by atoms with van der Waals surface area (Å²) in [6.07, 6.45) is 0.193. The van der Waals surface area contributed by atoms with Crippen LogP contribution in [0.25, 0.3) is 0 Å². The standard InChI is InChI=1S/C12H16N2O4S/c1-8(2)7-13-18-19(16,17)10-3-4-11-9(5-10)6-12(15)14-11/h3-5,8,13H,6-7H2,1-2H3,(H,14,15). The smallest absolute Gasteiger partial charge is 0.312 e. The summed E-state index contributed by atoms with van der Waals surface area (Å²) in [5, 5.41) is 2.64. The Morgan fingerprint density at radius 1 is 1.42 bits per heavy atom. The molecule has 2 N–H and O–H groups in total. The summed E-state index contributed by atoms with van der Waals surface area (Å²) in [6.45, 7) is 4.32. The number of carbonyl (C=O) groups excluding carboxylic acids is 1. The first kappa shape index (κ1) is 14.0. The largest absolute Gasteiger partial charge is 0.326 e. The molecule has 1 aliphatic heterocycles. The molecular weight excluding hydrogens is 268 g/mol. The van der Waals surface area contributed by atoms with Crippen molar-refractivity contribution in [1.82, 2.24) is 5.48 Å². The van der Waals surface area contributed by atoms with Crippen LogP contribution in [0.3, 0.4) is 0 Å². The zero-order valence-corrected chi connectivity index (χ0v) is 11.6. The highest BCUT2D eigenvalue weighted by Gasteiger charge is 2.22. The monoisotopic (exact) mass is 284 g/mol. The molecule has 0 spiro atoms. The van der Waals surface area contributed by atoms with Crippen molar-refractivity contribution in [3.05, 3.63) is 23.8 Å². The Bertz CT molecular complexity index is 596. The van der Waals surface area contributed by atoms with E-state index in [1.807, 2.05) is 13.8 Å². The van der Waals surface area contributed by atoms with E-state index in [0.29, 0.717) is 17.8 Å². The summed E-state index contributed by atoms with van der Waals surface area (Å²) in [4.78, 5) is 11.2. The summed E-state index contributed by atoms with van der Waals surface area (Å²) in [5.74, 6) is 0.139. The summed E-state index contributed by atoms with van der Waals surface area (Å²) in [6, 6.07) is 4.44. The average Bonchev–Trinajstić information content (AvgIpc) is 2.67. The first-order chi connectivity index (χ1) is 8.88. The van der Waals surface area contributed by atoms with E-state index >= 15 is 0 Å². The quantitative estimate of drug-likeness (QED) is 0.789. The molecule has 0 fully saturated rings. The van der Waals surface area contributed by atoms with Gasteiger partial charge >= 0.3 is 10.1 Å². The number of fused-ring (bicyclic) bond motifs is 1. The normalized spacial score (nSPS) is 14.6. The Balaban J connectivity index is 2.13. The molecule has 1 amide bonds. The van der Waals surface area contributed by atoms with Gasteiger partial charge in [0.25, 0.3) is 0 Å². The number of rotatable bonds is 5. The molecule has 0 aromatic heterocycles. The molecule has 1 heterocycles. The SMILES string of the molecule is CC(C)CNOS(=O)(=O)c1ccc2c(c1)CC(=O)N2. The van der Waals surface area contributed by atoms with Gasteiger partial charge in [0.05, 0.1) is 11.3 Å². The zero-order chi connectivity index (χ0) is 14.0. The van der Waals surface area contributed by atoms with Crippen molar-refractivity contribution >= 4 is 21.7 Å². The highest BCUT2D eigenvalue weighted by Crippen LogP contribution is 2.26. The van der Waals surface area contributed by atoms with Crippen molar-refractivity contribution in [3.8, 4) is 0 Å². The van der Waals surface area contributed by atoms with Gasteiger partial charge in [0.2, 0.25) is 5.91 Å². The molecule has 0 saturated carbocycles. The summed E-state index contributed by atoms with van der Waals surface area (Å²) in [5.41, 5.74) is 3.75. The van der Waals surface area contributed by atoms with Crippen molar-refractivity contribution in [3.63, 3.8) is 0 Å². The number of nitrogens with one attached hydrogen (secondary N) is 2. The van der Waals surface area contributed by atoms with Gasteiger partial charge in [-0.3, -0.25) is 4.79 Å². The molecule has 1 aliphatic rings. The second-order valence-electron chi connectivity index (χ2n) is 4.82. The Kier molecular flexibility index (Phi) is 3.88. The van der Waals surface area contributed by atoms with Crippen LogP contribution in [0.2, 0.25) is 0 Å². The number of hydrogen-bond donors (Lipinski definition) is 2. The van der Waals surface area contributed by atoms with Crippen LogP contribution in [-0.2, 0) is 25.6 Å². The predicted molar refractivity (Wildman–Crippen MR) is 69.9 cm³/mol. The summed E-state index contributed by atoms with van der Waals surface area (Å²) >= 11 is 0. The van der Waals surface area contributed by atoms with Crippen molar-refractivity contribution in [2.24, 2.45) is 5.92 Å². The lowest BCUT2D eigenvalue weighted by Gasteiger charge is -2.09. The van der Waals surface area contributed by atoms with Crippen molar-refractivity contribution < 1.29 is 17.5 Å². The van der Waals surface area contributed by atoms with Crippen LogP contribution >= 0.6 is 0 Å². The molecule has 0 atom stereocenters. The van der Waals surface area contributed by atoms with Gasteiger partial charge in [-0.15, -0.1) is 0 Å².